The van der Waals surface area contributed by atoms with E-state index in [-0.39, 0.29) is 22.9 Å². The molecule has 0 spiro atoms. The van der Waals surface area contributed by atoms with E-state index in [0.29, 0.717) is 22.9 Å². The smallest absolute Gasteiger partial charge is 0.259 e. The predicted octanol–water partition coefficient (Wildman–Crippen LogP) is 2.98. The molecule has 27 heavy (non-hydrogen) atoms. The molecule has 9 heteroatoms. The number of ether oxygens (including phenoxy) is 1. The second-order valence-corrected chi connectivity index (χ2v) is 6.08. The van der Waals surface area contributed by atoms with Gasteiger partial charge >= 0.3 is 0 Å². The zero-order valence-electron chi connectivity index (χ0n) is 14.3. The third-order valence-corrected chi connectivity index (χ3v) is 4.02. The standard InChI is InChI=1S/C18H17Cl2N3O4/c1-2-27-16-7-11(3-6-15(16)24)9-22-23-17(25)10-21-18(26)12-4-5-13(19)14(20)8-12/h3-9,24H,2,10H2,1H3,(H,21,26)(H,23,25)/b22-9+. The van der Waals surface area contributed by atoms with Gasteiger partial charge in [0, 0.05) is 5.56 Å². The van der Waals surface area contributed by atoms with Gasteiger partial charge in [0.25, 0.3) is 11.8 Å². The van der Waals surface area contributed by atoms with Crippen molar-refractivity contribution in [1.82, 2.24) is 10.7 Å². The normalized spacial score (nSPS) is 10.6. The average Bonchev–Trinajstić information content (AvgIpc) is 2.64. The van der Waals surface area contributed by atoms with Crippen LogP contribution in [-0.4, -0.2) is 36.3 Å². The van der Waals surface area contributed by atoms with Gasteiger partial charge in [0.2, 0.25) is 0 Å². The Hall–Kier alpha value is -2.77. The van der Waals surface area contributed by atoms with E-state index in [1.54, 1.807) is 19.1 Å². The van der Waals surface area contributed by atoms with Crippen molar-refractivity contribution < 1.29 is 19.4 Å². The number of carbonyl (C=O) groups excluding carboxylic acids is 2. The third-order valence-electron chi connectivity index (χ3n) is 3.28. The van der Waals surface area contributed by atoms with Crippen LogP contribution in [0.5, 0.6) is 11.5 Å². The number of rotatable bonds is 7. The van der Waals surface area contributed by atoms with Gasteiger partial charge in [-0.2, -0.15) is 5.10 Å². The Kier molecular flexibility index (Phi) is 7.45. The fourth-order valence-electron chi connectivity index (χ4n) is 2.00. The lowest BCUT2D eigenvalue weighted by Gasteiger charge is -2.06. The van der Waals surface area contributed by atoms with Gasteiger partial charge in [-0.3, -0.25) is 9.59 Å². The number of phenolic OH excluding ortho intramolecular Hbond substituents is 1. The van der Waals surface area contributed by atoms with Crippen molar-refractivity contribution >= 4 is 41.2 Å². The van der Waals surface area contributed by atoms with Crippen LogP contribution >= 0.6 is 23.2 Å². The highest BCUT2D eigenvalue weighted by molar-refractivity contribution is 6.42. The summed E-state index contributed by atoms with van der Waals surface area (Å²) in [5.41, 5.74) is 3.20. The van der Waals surface area contributed by atoms with Crippen LogP contribution in [0.3, 0.4) is 0 Å². The number of carbonyl (C=O) groups is 2. The zero-order chi connectivity index (χ0) is 19.8. The molecule has 0 saturated heterocycles. The summed E-state index contributed by atoms with van der Waals surface area (Å²) in [4.78, 5) is 23.7. The molecule has 0 saturated carbocycles. The summed E-state index contributed by atoms with van der Waals surface area (Å²) in [6.07, 6.45) is 1.39. The maximum atomic E-state index is 12.0. The fourth-order valence-corrected chi connectivity index (χ4v) is 2.30. The Morgan fingerprint density at radius 2 is 1.96 bits per heavy atom. The first-order valence-electron chi connectivity index (χ1n) is 7.91. The second-order valence-electron chi connectivity index (χ2n) is 5.26. The summed E-state index contributed by atoms with van der Waals surface area (Å²) in [6.45, 7) is 1.94. The Labute approximate surface area is 165 Å². The van der Waals surface area contributed by atoms with Crippen molar-refractivity contribution in [3.63, 3.8) is 0 Å². The van der Waals surface area contributed by atoms with Gasteiger partial charge in [0.05, 0.1) is 29.4 Å². The fraction of sp³-hybridized carbons (Fsp3) is 0.167. The highest BCUT2D eigenvalue weighted by Crippen LogP contribution is 2.26. The molecule has 7 nitrogen and oxygen atoms in total. The van der Waals surface area contributed by atoms with Crippen LogP contribution in [0.2, 0.25) is 10.0 Å². The van der Waals surface area contributed by atoms with Crippen molar-refractivity contribution in [2.24, 2.45) is 5.10 Å². The van der Waals surface area contributed by atoms with Gasteiger partial charge in [-0.25, -0.2) is 5.43 Å². The van der Waals surface area contributed by atoms with E-state index in [2.05, 4.69) is 15.8 Å². The molecule has 0 radical (unpaired) electrons. The molecule has 0 fully saturated rings. The number of hydrogen-bond donors (Lipinski definition) is 3. The van der Waals surface area contributed by atoms with Crippen molar-refractivity contribution in [3.8, 4) is 11.5 Å². The Morgan fingerprint density at radius 1 is 1.19 bits per heavy atom. The number of nitrogens with one attached hydrogen (secondary N) is 2. The molecular weight excluding hydrogens is 393 g/mol. The first-order chi connectivity index (χ1) is 12.9. The lowest BCUT2D eigenvalue weighted by molar-refractivity contribution is -0.120. The largest absolute Gasteiger partial charge is 0.504 e. The molecule has 0 unspecified atom stereocenters. The van der Waals surface area contributed by atoms with E-state index >= 15 is 0 Å². The van der Waals surface area contributed by atoms with E-state index in [1.165, 1.54) is 30.5 Å². The van der Waals surface area contributed by atoms with Crippen molar-refractivity contribution in [2.75, 3.05) is 13.2 Å². The van der Waals surface area contributed by atoms with Crippen LogP contribution in [0, 0.1) is 0 Å². The molecule has 0 atom stereocenters. The molecule has 0 aromatic heterocycles. The van der Waals surface area contributed by atoms with E-state index < -0.39 is 11.8 Å². The summed E-state index contributed by atoms with van der Waals surface area (Å²) in [6, 6.07) is 9.07. The zero-order valence-corrected chi connectivity index (χ0v) is 15.8. The van der Waals surface area contributed by atoms with Gasteiger partial charge in [-0.1, -0.05) is 23.2 Å². The van der Waals surface area contributed by atoms with Gasteiger partial charge in [0.15, 0.2) is 11.5 Å². The molecule has 0 aliphatic rings. The number of aromatic hydroxyl groups is 1. The van der Waals surface area contributed by atoms with Crippen LogP contribution < -0.4 is 15.5 Å². The maximum absolute atomic E-state index is 12.0. The molecule has 142 valence electrons. The molecule has 2 amide bonds. The molecule has 0 aliphatic heterocycles. The minimum Gasteiger partial charge on any atom is -0.504 e. The first kappa shape index (κ1) is 20.5. The third kappa shape index (κ3) is 6.16. The minimum absolute atomic E-state index is 0.0167. The van der Waals surface area contributed by atoms with Crippen molar-refractivity contribution in [2.45, 2.75) is 6.92 Å². The van der Waals surface area contributed by atoms with Crippen molar-refractivity contribution in [1.29, 1.82) is 0 Å². The summed E-state index contributed by atoms with van der Waals surface area (Å²) in [5, 5.41) is 16.5. The van der Waals surface area contributed by atoms with Crippen LogP contribution in [0.1, 0.15) is 22.8 Å². The predicted molar refractivity (Wildman–Crippen MR) is 104 cm³/mol. The molecule has 2 aromatic rings. The van der Waals surface area contributed by atoms with Crippen LogP contribution in [0.15, 0.2) is 41.5 Å². The number of benzene rings is 2. The quantitative estimate of drug-likeness (QED) is 0.483. The van der Waals surface area contributed by atoms with Gasteiger partial charge in [0.1, 0.15) is 0 Å². The molecule has 2 rings (SSSR count). The summed E-state index contributed by atoms with van der Waals surface area (Å²) < 4.78 is 5.26. The number of hydrazone groups is 1. The van der Waals surface area contributed by atoms with E-state index in [0.717, 1.165) is 0 Å². The highest BCUT2D eigenvalue weighted by atomic mass is 35.5. The molecule has 2 aromatic carbocycles. The summed E-state index contributed by atoms with van der Waals surface area (Å²) in [7, 11) is 0. The summed E-state index contributed by atoms with van der Waals surface area (Å²) >= 11 is 11.6. The van der Waals surface area contributed by atoms with Crippen LogP contribution in [0.4, 0.5) is 0 Å². The number of halogens is 2. The number of amides is 2. The van der Waals surface area contributed by atoms with Crippen molar-refractivity contribution in [3.05, 3.63) is 57.6 Å². The average molecular weight is 410 g/mol. The van der Waals surface area contributed by atoms with Crippen LogP contribution in [0.25, 0.3) is 0 Å². The van der Waals surface area contributed by atoms with Gasteiger partial charge in [-0.05, 0) is 48.9 Å². The number of nitrogens with zero attached hydrogens (tertiary/aromatic N) is 1. The first-order valence-corrected chi connectivity index (χ1v) is 8.67. The summed E-state index contributed by atoms with van der Waals surface area (Å²) in [5.74, 6) is -0.638. The molecule has 0 aliphatic carbocycles. The molecule has 3 N–H and O–H groups in total. The lowest BCUT2D eigenvalue weighted by atomic mass is 10.2. The van der Waals surface area contributed by atoms with Gasteiger partial charge in [-0.15, -0.1) is 0 Å². The lowest BCUT2D eigenvalue weighted by Crippen LogP contribution is -2.34. The second kappa shape index (κ2) is 9.80. The molecule has 0 bridgehead atoms. The number of phenols is 1. The van der Waals surface area contributed by atoms with Crippen LogP contribution in [-0.2, 0) is 4.79 Å². The van der Waals surface area contributed by atoms with E-state index in [1.807, 2.05) is 0 Å². The Balaban J connectivity index is 1.85. The Morgan fingerprint density at radius 3 is 2.67 bits per heavy atom. The monoisotopic (exact) mass is 409 g/mol. The van der Waals surface area contributed by atoms with E-state index in [4.69, 9.17) is 27.9 Å². The minimum atomic E-state index is -0.511. The topological polar surface area (TPSA) is 100 Å². The van der Waals surface area contributed by atoms with Gasteiger partial charge < -0.3 is 15.2 Å². The highest BCUT2D eigenvalue weighted by Gasteiger charge is 2.09. The van der Waals surface area contributed by atoms with E-state index in [9.17, 15) is 14.7 Å². The number of hydrogen-bond acceptors (Lipinski definition) is 5. The maximum Gasteiger partial charge on any atom is 0.259 e. The SMILES string of the molecule is CCOc1cc(/C=N/NC(=O)CNC(=O)c2ccc(Cl)c(Cl)c2)ccc1O. The Bertz CT molecular complexity index is 872. The molecule has 0 heterocycles. The molecular formula is C18H17Cl2N3O4.